The third-order valence-electron chi connectivity index (χ3n) is 2.97. The maximum atomic E-state index is 12.3. The average Bonchev–Trinajstić information content (AvgIpc) is 2.87. The Hall–Kier alpha value is -2.80. The fraction of sp³-hybridized carbons (Fsp3) is 0.0714. The van der Waals surface area contributed by atoms with Crippen molar-refractivity contribution in [1.82, 2.24) is 9.97 Å². The van der Waals surface area contributed by atoms with Crippen LogP contribution in [0.2, 0.25) is 5.02 Å². The van der Waals surface area contributed by atoms with Crippen LogP contribution in [-0.4, -0.2) is 23.0 Å². The molecule has 0 fully saturated rings. The van der Waals surface area contributed by atoms with Gasteiger partial charge in [-0.25, -0.2) is 9.97 Å². The Morgan fingerprint density at radius 2 is 2.18 bits per heavy atom. The molecule has 0 spiro atoms. The number of hydrogen-bond donors (Lipinski definition) is 2. The quantitative estimate of drug-likeness (QED) is 0.769. The summed E-state index contributed by atoms with van der Waals surface area (Å²) in [5, 5.41) is 3.51. The van der Waals surface area contributed by atoms with Crippen molar-refractivity contribution < 1.29 is 13.9 Å². The molecule has 0 saturated carbocycles. The fourth-order valence-corrected chi connectivity index (χ4v) is 2.10. The Balaban J connectivity index is 1.97. The first-order valence-corrected chi connectivity index (χ1v) is 6.62. The largest absolute Gasteiger partial charge is 0.480 e. The lowest BCUT2D eigenvalue weighted by molar-refractivity contribution is 0.0999. The molecule has 8 heteroatoms. The number of hydrogen-bond acceptors (Lipinski definition) is 6. The summed E-state index contributed by atoms with van der Waals surface area (Å²) in [5.41, 5.74) is 6.55. The van der Waals surface area contributed by atoms with Crippen LogP contribution in [0, 0.1) is 0 Å². The average molecular weight is 319 g/mol. The Kier molecular flexibility index (Phi) is 3.56. The van der Waals surface area contributed by atoms with Crippen LogP contribution in [0.1, 0.15) is 10.6 Å². The minimum Gasteiger partial charge on any atom is -0.480 e. The third kappa shape index (κ3) is 2.42. The van der Waals surface area contributed by atoms with Gasteiger partial charge in [-0.2, -0.15) is 0 Å². The Labute approximate surface area is 130 Å². The van der Waals surface area contributed by atoms with Crippen LogP contribution in [0.25, 0.3) is 11.0 Å². The van der Waals surface area contributed by atoms with E-state index in [4.69, 9.17) is 26.5 Å². The van der Waals surface area contributed by atoms with E-state index >= 15 is 0 Å². The summed E-state index contributed by atoms with van der Waals surface area (Å²) in [6, 6.07) is 4.78. The molecule has 3 N–H and O–H groups in total. The van der Waals surface area contributed by atoms with Crippen LogP contribution in [0.5, 0.6) is 5.88 Å². The number of furan rings is 1. The number of carbonyl (C=O) groups excluding carboxylic acids is 1. The van der Waals surface area contributed by atoms with Crippen molar-refractivity contribution in [3.63, 3.8) is 0 Å². The van der Waals surface area contributed by atoms with E-state index in [1.54, 1.807) is 18.2 Å². The number of pyridine rings is 2. The predicted octanol–water partition coefficient (Wildman–Crippen LogP) is 2.72. The SMILES string of the molecule is COc1nccc2oc(C(=O)Nc3ccc(Cl)cn3)c(N)c12. The Morgan fingerprint density at radius 3 is 2.86 bits per heavy atom. The number of ether oxygens (including phenoxy) is 1. The highest BCUT2D eigenvalue weighted by Crippen LogP contribution is 2.34. The number of nitrogen functional groups attached to an aromatic ring is 1. The molecule has 3 aromatic rings. The molecular formula is C14H11ClN4O3. The summed E-state index contributed by atoms with van der Waals surface area (Å²) in [6.45, 7) is 0. The number of anilines is 2. The molecule has 3 heterocycles. The molecule has 22 heavy (non-hydrogen) atoms. The van der Waals surface area contributed by atoms with Gasteiger partial charge in [0.25, 0.3) is 5.91 Å². The summed E-state index contributed by atoms with van der Waals surface area (Å²) >= 11 is 5.74. The summed E-state index contributed by atoms with van der Waals surface area (Å²) in [6.07, 6.45) is 2.93. The summed E-state index contributed by atoms with van der Waals surface area (Å²) < 4.78 is 10.6. The van der Waals surface area contributed by atoms with Gasteiger partial charge < -0.3 is 20.2 Å². The van der Waals surface area contributed by atoms with E-state index in [1.807, 2.05) is 0 Å². The maximum absolute atomic E-state index is 12.3. The van der Waals surface area contributed by atoms with Crippen molar-refractivity contribution in [1.29, 1.82) is 0 Å². The summed E-state index contributed by atoms with van der Waals surface area (Å²) in [5.74, 6) is 0.0744. The molecular weight excluding hydrogens is 308 g/mol. The van der Waals surface area contributed by atoms with E-state index in [9.17, 15) is 4.79 Å². The zero-order chi connectivity index (χ0) is 15.7. The number of aromatic nitrogens is 2. The van der Waals surface area contributed by atoms with Crippen LogP contribution in [-0.2, 0) is 0 Å². The third-order valence-corrected chi connectivity index (χ3v) is 3.20. The van der Waals surface area contributed by atoms with E-state index in [0.29, 0.717) is 27.7 Å². The second-order valence-corrected chi connectivity index (χ2v) is 4.79. The molecule has 7 nitrogen and oxygen atoms in total. The molecule has 0 aliphatic carbocycles. The van der Waals surface area contributed by atoms with Crippen molar-refractivity contribution in [3.8, 4) is 5.88 Å². The van der Waals surface area contributed by atoms with Gasteiger partial charge in [0, 0.05) is 18.5 Å². The minimum absolute atomic E-state index is 0.0296. The molecule has 0 bridgehead atoms. The van der Waals surface area contributed by atoms with Crippen LogP contribution in [0.4, 0.5) is 11.5 Å². The smallest absolute Gasteiger partial charge is 0.294 e. The van der Waals surface area contributed by atoms with Crippen LogP contribution in [0.3, 0.4) is 0 Å². The number of carbonyl (C=O) groups is 1. The number of halogens is 1. The summed E-state index contributed by atoms with van der Waals surface area (Å²) in [7, 11) is 1.46. The normalized spacial score (nSPS) is 10.6. The zero-order valence-electron chi connectivity index (χ0n) is 11.5. The number of fused-ring (bicyclic) bond motifs is 1. The minimum atomic E-state index is -0.523. The van der Waals surface area contributed by atoms with Gasteiger partial charge in [-0.05, 0) is 12.1 Å². The number of methoxy groups -OCH3 is 1. The molecule has 0 aromatic carbocycles. The van der Waals surface area contributed by atoms with Gasteiger partial charge in [0.1, 0.15) is 16.8 Å². The molecule has 0 unspecified atom stereocenters. The first-order chi connectivity index (χ1) is 10.6. The summed E-state index contributed by atoms with van der Waals surface area (Å²) in [4.78, 5) is 20.3. The standard InChI is InChI=1S/C14H11ClN4O3/c1-21-14-10-8(4-5-17-14)22-12(11(10)16)13(20)19-9-3-2-7(15)6-18-9/h2-6H,16H2,1H3,(H,18,19,20). The molecule has 0 saturated heterocycles. The second kappa shape index (κ2) is 5.53. The van der Waals surface area contributed by atoms with Crippen molar-refractivity contribution in [2.24, 2.45) is 0 Å². The Morgan fingerprint density at radius 1 is 1.36 bits per heavy atom. The van der Waals surface area contributed by atoms with Gasteiger partial charge in [-0.1, -0.05) is 11.6 Å². The maximum Gasteiger partial charge on any atom is 0.294 e. The van der Waals surface area contributed by atoms with Crippen LogP contribution >= 0.6 is 11.6 Å². The van der Waals surface area contributed by atoms with E-state index < -0.39 is 5.91 Å². The highest BCUT2D eigenvalue weighted by molar-refractivity contribution is 6.30. The highest BCUT2D eigenvalue weighted by Gasteiger charge is 2.22. The van der Waals surface area contributed by atoms with Crippen molar-refractivity contribution in [3.05, 3.63) is 41.4 Å². The van der Waals surface area contributed by atoms with Crippen molar-refractivity contribution in [2.45, 2.75) is 0 Å². The molecule has 112 valence electrons. The van der Waals surface area contributed by atoms with Gasteiger partial charge >= 0.3 is 0 Å². The number of nitrogens with one attached hydrogen (secondary N) is 1. The molecule has 3 rings (SSSR count). The number of rotatable bonds is 3. The highest BCUT2D eigenvalue weighted by atomic mass is 35.5. The fourth-order valence-electron chi connectivity index (χ4n) is 1.98. The number of amides is 1. The predicted molar refractivity (Wildman–Crippen MR) is 82.2 cm³/mol. The molecule has 3 aromatic heterocycles. The van der Waals surface area contributed by atoms with Gasteiger partial charge in [0.2, 0.25) is 11.6 Å². The van der Waals surface area contributed by atoms with Gasteiger partial charge in [0.15, 0.2) is 0 Å². The molecule has 0 aliphatic rings. The lowest BCUT2D eigenvalue weighted by Crippen LogP contribution is -2.13. The van der Waals surface area contributed by atoms with E-state index in [2.05, 4.69) is 15.3 Å². The zero-order valence-corrected chi connectivity index (χ0v) is 12.2. The first kappa shape index (κ1) is 14.2. The van der Waals surface area contributed by atoms with E-state index in [0.717, 1.165) is 0 Å². The first-order valence-electron chi connectivity index (χ1n) is 6.24. The van der Waals surface area contributed by atoms with Gasteiger partial charge in [0.05, 0.1) is 17.8 Å². The van der Waals surface area contributed by atoms with E-state index in [-0.39, 0.29) is 11.4 Å². The van der Waals surface area contributed by atoms with Gasteiger partial charge in [-0.15, -0.1) is 0 Å². The topological polar surface area (TPSA) is 103 Å². The second-order valence-electron chi connectivity index (χ2n) is 4.35. The van der Waals surface area contributed by atoms with Crippen LogP contribution < -0.4 is 15.8 Å². The molecule has 0 atom stereocenters. The lowest BCUT2D eigenvalue weighted by Gasteiger charge is -2.02. The van der Waals surface area contributed by atoms with Gasteiger partial charge in [-0.3, -0.25) is 4.79 Å². The lowest BCUT2D eigenvalue weighted by atomic mass is 10.2. The molecule has 1 amide bonds. The van der Waals surface area contributed by atoms with Crippen molar-refractivity contribution in [2.75, 3.05) is 18.2 Å². The monoisotopic (exact) mass is 318 g/mol. The van der Waals surface area contributed by atoms with Crippen molar-refractivity contribution >= 4 is 40.0 Å². The number of nitrogens with two attached hydrogens (primary N) is 1. The Bertz CT molecular complexity index is 845. The number of nitrogens with zero attached hydrogens (tertiary/aromatic N) is 2. The van der Waals surface area contributed by atoms with Crippen LogP contribution in [0.15, 0.2) is 35.0 Å². The van der Waals surface area contributed by atoms with E-state index in [1.165, 1.54) is 19.5 Å². The molecule has 0 aliphatic heterocycles. The molecule has 0 radical (unpaired) electrons.